The van der Waals surface area contributed by atoms with E-state index < -0.39 is 31.0 Å². The van der Waals surface area contributed by atoms with Gasteiger partial charge in [-0.25, -0.2) is 8.78 Å². The van der Waals surface area contributed by atoms with E-state index in [9.17, 15) is 18.4 Å². The lowest BCUT2D eigenvalue weighted by atomic mass is 9.92. The average molecular weight is 327 g/mol. The van der Waals surface area contributed by atoms with Crippen molar-refractivity contribution in [2.45, 2.75) is 31.0 Å². The first kappa shape index (κ1) is 15.8. The van der Waals surface area contributed by atoms with Crippen LogP contribution in [0.4, 0.5) is 8.78 Å². The van der Waals surface area contributed by atoms with Gasteiger partial charge in [0, 0.05) is 12.8 Å². The summed E-state index contributed by atoms with van der Waals surface area (Å²) in [6.07, 6.45) is 0.366. The van der Waals surface area contributed by atoms with E-state index in [1.54, 1.807) is 6.07 Å². The highest BCUT2D eigenvalue weighted by Gasteiger charge is 2.36. The number of alkyl halides is 2. The van der Waals surface area contributed by atoms with Crippen molar-refractivity contribution in [1.82, 2.24) is 5.32 Å². The Labute approximate surface area is 130 Å². The maximum absolute atomic E-state index is 12.8. The molecule has 2 aliphatic rings. The summed E-state index contributed by atoms with van der Waals surface area (Å²) in [5.74, 6) is -3.68. The largest absolute Gasteiger partial charge is 0.490 e. The number of hydrogen-bond donors (Lipinski definition) is 2. The molecule has 0 radical (unpaired) electrons. The summed E-state index contributed by atoms with van der Waals surface area (Å²) in [7, 11) is 0. The lowest BCUT2D eigenvalue weighted by molar-refractivity contribution is -0.150. The number of halogens is 2. The predicted molar refractivity (Wildman–Crippen MR) is 73.7 cm³/mol. The fourth-order valence-corrected chi connectivity index (χ4v) is 2.45. The number of carbonyl (C=O) groups is 2. The number of benzene rings is 1. The summed E-state index contributed by atoms with van der Waals surface area (Å²) in [4.78, 5) is 23.0. The molecule has 1 aromatic rings. The van der Waals surface area contributed by atoms with Crippen molar-refractivity contribution in [2.75, 3.05) is 13.2 Å². The molecule has 0 aromatic heterocycles. The van der Waals surface area contributed by atoms with Gasteiger partial charge >= 0.3 is 0 Å². The van der Waals surface area contributed by atoms with Gasteiger partial charge in [0.2, 0.25) is 0 Å². The number of rotatable bonds is 6. The van der Waals surface area contributed by atoms with Gasteiger partial charge in [-0.3, -0.25) is 14.9 Å². The zero-order valence-corrected chi connectivity index (χ0v) is 12.1. The van der Waals surface area contributed by atoms with E-state index in [1.165, 1.54) is 12.1 Å². The zero-order chi connectivity index (χ0) is 16.6. The molecule has 124 valence electrons. The number of hydrogen-bond acceptors (Lipinski definition) is 5. The van der Waals surface area contributed by atoms with Crippen molar-refractivity contribution < 1.29 is 33.0 Å². The Morgan fingerprint density at radius 2 is 1.87 bits per heavy atom. The molecule has 0 unspecified atom stereocenters. The van der Waals surface area contributed by atoms with Crippen molar-refractivity contribution in [1.29, 1.82) is 0 Å². The van der Waals surface area contributed by atoms with Gasteiger partial charge in [-0.2, -0.15) is 0 Å². The Hall–Kier alpha value is -2.06. The molecule has 0 spiro atoms. The first-order valence-corrected chi connectivity index (χ1v) is 7.14. The van der Waals surface area contributed by atoms with Crippen LogP contribution in [0.1, 0.15) is 33.6 Å². The molecule has 1 aliphatic carbocycles. The molecule has 2 N–H and O–H groups in total. The van der Waals surface area contributed by atoms with Crippen LogP contribution >= 0.6 is 0 Å². The van der Waals surface area contributed by atoms with Crippen molar-refractivity contribution in [3.05, 3.63) is 29.3 Å². The average Bonchev–Trinajstić information content (AvgIpc) is 2.76. The molecule has 1 aliphatic heterocycles. The number of amides is 2. The number of carbonyl (C=O) groups excluding carboxylic acids is 2. The standard InChI is InChI=1S/C15H15F2NO5/c16-15(17,6-19)7-22-9-3-10(4-9)23-8-1-2-11-12(5-8)14(21)18-13(11)20/h1-2,5,9-10,19H,3-4,6-7H2,(H,18,20,21)/t9-,10-. The van der Waals surface area contributed by atoms with Crippen LogP contribution in [0, 0.1) is 0 Å². The molecule has 2 amide bonds. The van der Waals surface area contributed by atoms with Gasteiger partial charge in [0.1, 0.15) is 25.1 Å². The first-order valence-electron chi connectivity index (χ1n) is 7.14. The van der Waals surface area contributed by atoms with Crippen LogP contribution in [-0.2, 0) is 4.74 Å². The normalized spacial score (nSPS) is 23.3. The summed E-state index contributed by atoms with van der Waals surface area (Å²) in [5.41, 5.74) is 0.575. The number of ether oxygens (including phenoxy) is 2. The Balaban J connectivity index is 1.50. The van der Waals surface area contributed by atoms with E-state index in [1.807, 2.05) is 0 Å². The molecular formula is C15H15F2NO5. The number of fused-ring (bicyclic) bond motifs is 1. The fourth-order valence-electron chi connectivity index (χ4n) is 2.45. The van der Waals surface area contributed by atoms with Crippen LogP contribution in [0.5, 0.6) is 5.75 Å². The number of aliphatic hydroxyl groups excluding tert-OH is 1. The second-order valence-electron chi connectivity index (χ2n) is 5.65. The summed E-state index contributed by atoms with van der Waals surface area (Å²) >= 11 is 0. The maximum atomic E-state index is 12.8. The molecule has 1 fully saturated rings. The van der Waals surface area contributed by atoms with Gasteiger partial charge in [-0.05, 0) is 18.2 Å². The van der Waals surface area contributed by atoms with E-state index in [-0.39, 0.29) is 17.8 Å². The van der Waals surface area contributed by atoms with Crippen LogP contribution in [-0.4, -0.2) is 48.3 Å². The van der Waals surface area contributed by atoms with Crippen LogP contribution in [0.2, 0.25) is 0 Å². The highest BCUT2D eigenvalue weighted by molar-refractivity contribution is 6.21. The number of aliphatic hydroxyl groups is 1. The Bertz CT molecular complexity index is 643. The molecule has 23 heavy (non-hydrogen) atoms. The minimum absolute atomic E-state index is 0.194. The third-order valence-corrected chi connectivity index (χ3v) is 3.82. The van der Waals surface area contributed by atoms with Crippen LogP contribution in [0.3, 0.4) is 0 Å². The Morgan fingerprint density at radius 1 is 1.17 bits per heavy atom. The van der Waals surface area contributed by atoms with Crippen molar-refractivity contribution >= 4 is 11.8 Å². The highest BCUT2D eigenvalue weighted by atomic mass is 19.3. The van der Waals surface area contributed by atoms with Gasteiger partial charge in [0.05, 0.1) is 17.2 Å². The van der Waals surface area contributed by atoms with E-state index in [0.717, 1.165) is 0 Å². The second-order valence-corrected chi connectivity index (χ2v) is 5.65. The van der Waals surface area contributed by atoms with E-state index in [2.05, 4.69) is 5.32 Å². The highest BCUT2D eigenvalue weighted by Crippen LogP contribution is 2.31. The van der Waals surface area contributed by atoms with E-state index in [0.29, 0.717) is 24.2 Å². The fraction of sp³-hybridized carbons (Fsp3) is 0.467. The van der Waals surface area contributed by atoms with Crippen LogP contribution < -0.4 is 10.1 Å². The third-order valence-electron chi connectivity index (χ3n) is 3.82. The topological polar surface area (TPSA) is 84.9 Å². The minimum atomic E-state index is -3.23. The lowest BCUT2D eigenvalue weighted by Crippen LogP contribution is -2.42. The molecule has 8 heteroatoms. The van der Waals surface area contributed by atoms with E-state index >= 15 is 0 Å². The summed E-state index contributed by atoms with van der Waals surface area (Å²) < 4.78 is 36.3. The van der Waals surface area contributed by atoms with Crippen LogP contribution in [0.15, 0.2) is 18.2 Å². The molecule has 0 bridgehead atoms. The summed E-state index contributed by atoms with van der Waals surface area (Å²) in [5, 5.41) is 10.6. The Kier molecular flexibility index (Phi) is 4.03. The molecule has 3 rings (SSSR count). The van der Waals surface area contributed by atoms with E-state index in [4.69, 9.17) is 14.6 Å². The van der Waals surface area contributed by atoms with Gasteiger partial charge in [0.15, 0.2) is 0 Å². The first-order chi connectivity index (χ1) is 10.9. The minimum Gasteiger partial charge on any atom is -0.490 e. The SMILES string of the molecule is O=C1NC(=O)c2cc(O[C@H]3C[C@H](OCC(F)(F)CO)C3)ccc21. The number of nitrogens with one attached hydrogen (secondary N) is 1. The maximum Gasteiger partial charge on any atom is 0.293 e. The molecule has 1 saturated carbocycles. The lowest BCUT2D eigenvalue weighted by Gasteiger charge is -2.35. The van der Waals surface area contributed by atoms with Gasteiger partial charge in [-0.1, -0.05) is 0 Å². The van der Waals surface area contributed by atoms with Crippen LogP contribution in [0.25, 0.3) is 0 Å². The van der Waals surface area contributed by atoms with Crippen molar-refractivity contribution in [2.24, 2.45) is 0 Å². The molecule has 1 aromatic carbocycles. The molecule has 0 atom stereocenters. The molecule has 6 nitrogen and oxygen atoms in total. The van der Waals surface area contributed by atoms with Gasteiger partial charge in [-0.15, -0.1) is 0 Å². The predicted octanol–water partition coefficient (Wildman–Crippen LogP) is 1.12. The van der Waals surface area contributed by atoms with Crippen molar-refractivity contribution in [3.8, 4) is 5.75 Å². The second kappa shape index (κ2) is 5.86. The Morgan fingerprint density at radius 3 is 2.57 bits per heavy atom. The van der Waals surface area contributed by atoms with Gasteiger partial charge < -0.3 is 14.6 Å². The molecule has 1 heterocycles. The summed E-state index contributed by atoms with van der Waals surface area (Å²) in [6, 6.07) is 4.59. The zero-order valence-electron chi connectivity index (χ0n) is 12.1. The smallest absolute Gasteiger partial charge is 0.293 e. The molecular weight excluding hydrogens is 312 g/mol. The van der Waals surface area contributed by atoms with Crippen molar-refractivity contribution in [3.63, 3.8) is 0 Å². The summed E-state index contributed by atoms with van der Waals surface area (Å²) in [6.45, 7) is -2.06. The monoisotopic (exact) mass is 327 g/mol. The number of imide groups is 1. The van der Waals surface area contributed by atoms with Gasteiger partial charge in [0.25, 0.3) is 17.7 Å². The molecule has 0 saturated heterocycles. The third kappa shape index (κ3) is 3.32. The quantitative estimate of drug-likeness (QED) is 0.765.